The van der Waals surface area contributed by atoms with E-state index >= 15 is 0 Å². The number of hydrogen-bond acceptors (Lipinski definition) is 3. The monoisotopic (exact) mass is 298 g/mol. The molecule has 0 unspecified atom stereocenters. The van der Waals surface area contributed by atoms with E-state index in [9.17, 15) is 14.4 Å². The number of carbonyl (C=O) groups is 1. The predicted molar refractivity (Wildman–Crippen MR) is 79.6 cm³/mol. The van der Waals surface area contributed by atoms with E-state index in [4.69, 9.17) is 4.74 Å². The molecular weight excluding hydrogens is 283 g/mol. The first-order chi connectivity index (χ1) is 10.6. The van der Waals surface area contributed by atoms with Crippen LogP contribution in [0.2, 0.25) is 0 Å². The lowest BCUT2D eigenvalue weighted by Gasteiger charge is -2.13. The summed E-state index contributed by atoms with van der Waals surface area (Å²) in [4.78, 5) is 12.1. The van der Waals surface area contributed by atoms with Crippen LogP contribution in [0.15, 0.2) is 48.5 Å². The van der Waals surface area contributed by atoms with Gasteiger partial charge in [-0.15, -0.1) is 0 Å². The third-order valence-electron chi connectivity index (χ3n) is 3.18. The lowest BCUT2D eigenvalue weighted by Crippen LogP contribution is -2.29. The number of benzene rings is 2. The third kappa shape index (κ3) is 3.83. The van der Waals surface area contributed by atoms with E-state index in [0.717, 1.165) is 5.56 Å². The van der Waals surface area contributed by atoms with Crippen LogP contribution in [0.1, 0.15) is 17.2 Å². The summed E-state index contributed by atoms with van der Waals surface area (Å²) in [5.74, 6) is -0.0749. The standard InChI is InChI=1S/C17H15FN2O2/c1-22-16-5-3-2-4-13(16)10-17(21)20-15(11-19)12-6-8-14(18)9-7-12/h2-9,15H,10H2,1H3,(H,20,21)/t15-/m1/s1. The first-order valence-electron chi connectivity index (χ1n) is 6.70. The highest BCUT2D eigenvalue weighted by Gasteiger charge is 2.15. The van der Waals surface area contributed by atoms with Crippen LogP contribution in [0.4, 0.5) is 4.39 Å². The van der Waals surface area contributed by atoms with Crippen molar-refractivity contribution in [2.45, 2.75) is 12.5 Å². The number of hydrogen-bond donors (Lipinski definition) is 1. The molecule has 1 N–H and O–H groups in total. The number of methoxy groups -OCH3 is 1. The Kier molecular flexibility index (Phi) is 5.10. The van der Waals surface area contributed by atoms with E-state index in [0.29, 0.717) is 11.3 Å². The van der Waals surface area contributed by atoms with Crippen molar-refractivity contribution in [3.63, 3.8) is 0 Å². The van der Waals surface area contributed by atoms with E-state index in [-0.39, 0.29) is 18.1 Å². The lowest BCUT2D eigenvalue weighted by atomic mass is 10.1. The van der Waals surface area contributed by atoms with Gasteiger partial charge in [-0.05, 0) is 23.8 Å². The smallest absolute Gasteiger partial charge is 0.225 e. The molecule has 0 radical (unpaired) electrons. The van der Waals surface area contributed by atoms with Crippen molar-refractivity contribution in [2.24, 2.45) is 0 Å². The van der Waals surface area contributed by atoms with Crippen LogP contribution >= 0.6 is 0 Å². The van der Waals surface area contributed by atoms with Gasteiger partial charge in [-0.3, -0.25) is 4.79 Å². The predicted octanol–water partition coefficient (Wildman–Crippen LogP) is 2.76. The number of nitrogens with one attached hydrogen (secondary N) is 1. The zero-order chi connectivity index (χ0) is 15.9. The Morgan fingerprint density at radius 2 is 1.95 bits per heavy atom. The second-order valence-electron chi connectivity index (χ2n) is 4.67. The van der Waals surface area contributed by atoms with Gasteiger partial charge in [-0.1, -0.05) is 30.3 Å². The maximum atomic E-state index is 12.9. The lowest BCUT2D eigenvalue weighted by molar-refractivity contribution is -0.120. The summed E-state index contributed by atoms with van der Waals surface area (Å²) in [6, 6.07) is 13.8. The molecule has 2 aromatic rings. The molecule has 0 fully saturated rings. The number of para-hydroxylation sites is 1. The van der Waals surface area contributed by atoms with Crippen molar-refractivity contribution in [2.75, 3.05) is 7.11 Å². The van der Waals surface area contributed by atoms with Crippen LogP contribution in [0.3, 0.4) is 0 Å². The van der Waals surface area contributed by atoms with Crippen LogP contribution < -0.4 is 10.1 Å². The number of carbonyl (C=O) groups excluding carboxylic acids is 1. The SMILES string of the molecule is COc1ccccc1CC(=O)N[C@H](C#N)c1ccc(F)cc1. The molecule has 0 aliphatic heterocycles. The van der Waals surface area contributed by atoms with Gasteiger partial charge in [0.15, 0.2) is 0 Å². The first kappa shape index (κ1) is 15.5. The molecule has 0 spiro atoms. The van der Waals surface area contributed by atoms with Crippen molar-refractivity contribution >= 4 is 5.91 Å². The highest BCUT2D eigenvalue weighted by atomic mass is 19.1. The van der Waals surface area contributed by atoms with E-state index in [1.165, 1.54) is 31.4 Å². The fourth-order valence-corrected chi connectivity index (χ4v) is 2.08. The highest BCUT2D eigenvalue weighted by molar-refractivity contribution is 5.80. The molecule has 2 aromatic carbocycles. The van der Waals surface area contributed by atoms with Gasteiger partial charge < -0.3 is 10.1 Å². The Labute approximate surface area is 128 Å². The molecule has 0 aliphatic rings. The molecule has 0 bridgehead atoms. The molecule has 0 aliphatic carbocycles. The number of halogens is 1. The third-order valence-corrected chi connectivity index (χ3v) is 3.18. The van der Waals surface area contributed by atoms with Gasteiger partial charge in [0.05, 0.1) is 19.6 Å². The Morgan fingerprint density at radius 1 is 1.27 bits per heavy atom. The topological polar surface area (TPSA) is 62.1 Å². The average Bonchev–Trinajstić information content (AvgIpc) is 2.54. The molecular formula is C17H15FN2O2. The summed E-state index contributed by atoms with van der Waals surface area (Å²) in [7, 11) is 1.54. The number of rotatable bonds is 5. The van der Waals surface area contributed by atoms with Crippen molar-refractivity contribution in [3.8, 4) is 11.8 Å². The summed E-state index contributed by atoms with van der Waals surface area (Å²) in [6.07, 6.45) is 0.101. The number of nitriles is 1. The summed E-state index contributed by atoms with van der Waals surface area (Å²) < 4.78 is 18.1. The Bertz CT molecular complexity index is 693. The summed E-state index contributed by atoms with van der Waals surface area (Å²) in [5.41, 5.74) is 1.27. The largest absolute Gasteiger partial charge is 0.496 e. The minimum Gasteiger partial charge on any atom is -0.496 e. The minimum absolute atomic E-state index is 0.101. The summed E-state index contributed by atoms with van der Waals surface area (Å²) in [5, 5.41) is 11.8. The molecule has 22 heavy (non-hydrogen) atoms. The molecule has 0 aromatic heterocycles. The van der Waals surface area contributed by atoms with Crippen molar-refractivity contribution in [1.29, 1.82) is 5.26 Å². The van der Waals surface area contributed by atoms with Crippen LogP contribution in [-0.2, 0) is 11.2 Å². The van der Waals surface area contributed by atoms with Gasteiger partial charge >= 0.3 is 0 Å². The van der Waals surface area contributed by atoms with Gasteiger partial charge in [-0.2, -0.15) is 5.26 Å². The van der Waals surface area contributed by atoms with Gasteiger partial charge in [0.25, 0.3) is 0 Å². The maximum Gasteiger partial charge on any atom is 0.225 e. The number of ether oxygens (including phenoxy) is 1. The Hall–Kier alpha value is -2.87. The van der Waals surface area contributed by atoms with Crippen LogP contribution in [0.25, 0.3) is 0 Å². The normalized spacial score (nSPS) is 11.3. The number of amides is 1. The molecule has 0 saturated heterocycles. The van der Waals surface area contributed by atoms with Crippen molar-refractivity contribution in [1.82, 2.24) is 5.32 Å². The molecule has 0 heterocycles. The van der Waals surface area contributed by atoms with Gasteiger partial charge in [0.1, 0.15) is 17.6 Å². The van der Waals surface area contributed by atoms with E-state index < -0.39 is 6.04 Å². The molecule has 4 nitrogen and oxygen atoms in total. The van der Waals surface area contributed by atoms with Gasteiger partial charge in [0.2, 0.25) is 5.91 Å². The van der Waals surface area contributed by atoms with Crippen molar-refractivity contribution < 1.29 is 13.9 Å². The molecule has 1 atom stereocenters. The van der Waals surface area contributed by atoms with Gasteiger partial charge in [0, 0.05) is 5.56 Å². The Morgan fingerprint density at radius 3 is 2.59 bits per heavy atom. The minimum atomic E-state index is -0.817. The van der Waals surface area contributed by atoms with Crippen molar-refractivity contribution in [3.05, 3.63) is 65.5 Å². The highest BCUT2D eigenvalue weighted by Crippen LogP contribution is 2.18. The Balaban J connectivity index is 2.07. The number of nitrogens with zero attached hydrogens (tertiary/aromatic N) is 1. The quantitative estimate of drug-likeness (QED) is 0.923. The van der Waals surface area contributed by atoms with E-state index in [1.54, 1.807) is 12.1 Å². The summed E-state index contributed by atoms with van der Waals surface area (Å²) in [6.45, 7) is 0. The summed E-state index contributed by atoms with van der Waals surface area (Å²) >= 11 is 0. The second kappa shape index (κ2) is 7.23. The van der Waals surface area contributed by atoms with Crippen LogP contribution in [0, 0.1) is 17.1 Å². The fourth-order valence-electron chi connectivity index (χ4n) is 2.08. The molecule has 2 rings (SSSR count). The first-order valence-corrected chi connectivity index (χ1v) is 6.70. The zero-order valence-corrected chi connectivity index (χ0v) is 12.0. The fraction of sp³-hybridized carbons (Fsp3) is 0.176. The molecule has 112 valence electrons. The second-order valence-corrected chi connectivity index (χ2v) is 4.67. The van der Waals surface area contributed by atoms with Crippen LogP contribution in [-0.4, -0.2) is 13.0 Å². The van der Waals surface area contributed by atoms with E-state index in [1.807, 2.05) is 18.2 Å². The molecule has 5 heteroatoms. The average molecular weight is 298 g/mol. The zero-order valence-electron chi connectivity index (χ0n) is 12.0. The van der Waals surface area contributed by atoms with Gasteiger partial charge in [-0.25, -0.2) is 4.39 Å². The molecule has 0 saturated carbocycles. The van der Waals surface area contributed by atoms with E-state index in [2.05, 4.69) is 5.32 Å². The molecule has 1 amide bonds. The van der Waals surface area contributed by atoms with Crippen LogP contribution in [0.5, 0.6) is 5.75 Å². The maximum absolute atomic E-state index is 12.9.